The summed E-state index contributed by atoms with van der Waals surface area (Å²) in [4.78, 5) is 0. The van der Waals surface area contributed by atoms with Gasteiger partial charge < -0.3 is 0 Å². The van der Waals surface area contributed by atoms with Gasteiger partial charge in [-0.3, -0.25) is 0 Å². The van der Waals surface area contributed by atoms with Crippen molar-refractivity contribution >= 4 is 0 Å². The number of hydrogen-bond acceptors (Lipinski definition) is 0. The maximum absolute atomic E-state index is 2.41. The van der Waals surface area contributed by atoms with Gasteiger partial charge in [-0.25, -0.2) is 0 Å². The third-order valence-electron chi connectivity index (χ3n) is 2.54. The molecule has 0 amide bonds. The van der Waals surface area contributed by atoms with Gasteiger partial charge in [-0.15, -0.1) is 0 Å². The van der Waals surface area contributed by atoms with Gasteiger partial charge in [-0.2, -0.15) is 0 Å². The molecule has 0 bridgehead atoms. The smallest absolute Gasteiger partial charge is 0.0202 e. The minimum atomic E-state index is 0.995. The highest BCUT2D eigenvalue weighted by atomic mass is 14.3. The minimum absolute atomic E-state index is 0.995. The summed E-state index contributed by atoms with van der Waals surface area (Å²) >= 11 is 0. The first kappa shape index (κ1) is 4.60. The molecule has 0 aromatic carbocycles. The van der Waals surface area contributed by atoms with Crippen molar-refractivity contribution in [3.05, 3.63) is 12.2 Å². The lowest BCUT2D eigenvalue weighted by molar-refractivity contribution is 0.496. The Morgan fingerprint density at radius 3 is 3.12 bits per heavy atom. The summed E-state index contributed by atoms with van der Waals surface area (Å²) in [5.41, 5.74) is 0. The van der Waals surface area contributed by atoms with Crippen molar-refractivity contribution in [2.45, 2.75) is 25.7 Å². The second-order valence-corrected chi connectivity index (χ2v) is 3.02. The van der Waals surface area contributed by atoms with Crippen LogP contribution in [0.4, 0.5) is 0 Å². The summed E-state index contributed by atoms with van der Waals surface area (Å²) in [7, 11) is 0. The van der Waals surface area contributed by atoms with Gasteiger partial charge in [0.25, 0.3) is 0 Å². The Hall–Kier alpha value is -0.260. The first-order chi connectivity index (χ1) is 3.97. The number of allylic oxidation sites excluding steroid dienone is 2. The van der Waals surface area contributed by atoms with Gasteiger partial charge in [0.2, 0.25) is 0 Å². The van der Waals surface area contributed by atoms with Crippen LogP contribution in [0.25, 0.3) is 0 Å². The molecule has 2 aliphatic carbocycles. The average Bonchev–Trinajstić information content (AvgIpc) is 2.15. The Balaban J connectivity index is 2.13. The van der Waals surface area contributed by atoms with Crippen molar-refractivity contribution in [3.8, 4) is 0 Å². The average molecular weight is 108 g/mol. The number of hydrogen-bond donors (Lipinski definition) is 0. The molecule has 0 heterocycles. The highest BCUT2D eigenvalue weighted by Crippen LogP contribution is 2.39. The molecule has 0 heteroatoms. The molecular formula is C8H12. The van der Waals surface area contributed by atoms with E-state index in [1.807, 2.05) is 0 Å². The van der Waals surface area contributed by atoms with Gasteiger partial charge in [0.1, 0.15) is 0 Å². The monoisotopic (exact) mass is 108 g/mol. The highest BCUT2D eigenvalue weighted by molar-refractivity contribution is 5.03. The predicted molar refractivity (Wildman–Crippen MR) is 34.6 cm³/mol. The zero-order chi connectivity index (χ0) is 5.40. The van der Waals surface area contributed by atoms with E-state index in [1.54, 1.807) is 0 Å². The van der Waals surface area contributed by atoms with Crippen LogP contribution in [0.3, 0.4) is 0 Å². The molecule has 8 heavy (non-hydrogen) atoms. The molecule has 44 valence electrons. The summed E-state index contributed by atoms with van der Waals surface area (Å²) in [5.74, 6) is 2.06. The number of rotatable bonds is 0. The van der Waals surface area contributed by atoms with E-state index < -0.39 is 0 Å². The standard InChI is InChI=1S/C8H12/c1-3-7-5-2-6-8(7)4-1/h1,3,7-8H,2,4-6H2/t7-,8+/m0/s1. The molecule has 2 aliphatic rings. The molecule has 1 fully saturated rings. The molecule has 0 spiro atoms. The zero-order valence-corrected chi connectivity index (χ0v) is 5.14. The molecular weight excluding hydrogens is 96.1 g/mol. The van der Waals surface area contributed by atoms with Crippen molar-refractivity contribution in [2.75, 3.05) is 0 Å². The number of fused-ring (bicyclic) bond motifs is 1. The van der Waals surface area contributed by atoms with Crippen molar-refractivity contribution in [3.63, 3.8) is 0 Å². The first-order valence-electron chi connectivity index (χ1n) is 3.63. The van der Waals surface area contributed by atoms with E-state index in [2.05, 4.69) is 12.2 Å². The molecule has 2 atom stereocenters. The Kier molecular flexibility index (Phi) is 0.927. The Morgan fingerprint density at radius 1 is 1.25 bits per heavy atom. The van der Waals surface area contributed by atoms with Crippen LogP contribution in [-0.2, 0) is 0 Å². The Bertz CT molecular complexity index is 113. The van der Waals surface area contributed by atoms with Gasteiger partial charge in [0.15, 0.2) is 0 Å². The third kappa shape index (κ3) is 0.521. The molecule has 0 aromatic rings. The fourth-order valence-electron chi connectivity index (χ4n) is 2.04. The van der Waals surface area contributed by atoms with Crippen LogP contribution < -0.4 is 0 Å². The maximum Gasteiger partial charge on any atom is -0.0202 e. The van der Waals surface area contributed by atoms with E-state index in [0.29, 0.717) is 0 Å². The molecule has 0 saturated heterocycles. The van der Waals surface area contributed by atoms with Gasteiger partial charge in [0.05, 0.1) is 0 Å². The van der Waals surface area contributed by atoms with E-state index in [9.17, 15) is 0 Å². The fraction of sp³-hybridized carbons (Fsp3) is 0.750. The van der Waals surface area contributed by atoms with Gasteiger partial charge in [-0.05, 0) is 31.1 Å². The van der Waals surface area contributed by atoms with Gasteiger partial charge in [-0.1, -0.05) is 18.6 Å². The van der Waals surface area contributed by atoms with Crippen molar-refractivity contribution in [1.29, 1.82) is 0 Å². The van der Waals surface area contributed by atoms with Crippen molar-refractivity contribution in [2.24, 2.45) is 11.8 Å². The summed E-state index contributed by atoms with van der Waals surface area (Å²) in [6.45, 7) is 0. The molecule has 1 saturated carbocycles. The Morgan fingerprint density at radius 2 is 2.25 bits per heavy atom. The van der Waals surface area contributed by atoms with Gasteiger partial charge >= 0.3 is 0 Å². The fourth-order valence-corrected chi connectivity index (χ4v) is 2.04. The molecule has 0 aromatic heterocycles. The molecule has 0 aliphatic heterocycles. The van der Waals surface area contributed by atoms with Crippen LogP contribution in [0.5, 0.6) is 0 Å². The summed E-state index contributed by atoms with van der Waals surface area (Å²) in [6.07, 6.45) is 10.6. The van der Waals surface area contributed by atoms with E-state index >= 15 is 0 Å². The summed E-state index contributed by atoms with van der Waals surface area (Å²) in [5, 5.41) is 0. The molecule has 0 nitrogen and oxygen atoms in total. The van der Waals surface area contributed by atoms with Crippen molar-refractivity contribution < 1.29 is 0 Å². The molecule has 0 unspecified atom stereocenters. The van der Waals surface area contributed by atoms with Crippen LogP contribution in [0.1, 0.15) is 25.7 Å². The lowest BCUT2D eigenvalue weighted by Gasteiger charge is -2.04. The topological polar surface area (TPSA) is 0 Å². The third-order valence-corrected chi connectivity index (χ3v) is 2.54. The van der Waals surface area contributed by atoms with E-state index in [1.165, 1.54) is 25.7 Å². The normalized spacial score (nSPS) is 43.0. The Labute approximate surface area is 50.6 Å². The predicted octanol–water partition coefficient (Wildman–Crippen LogP) is 2.36. The summed E-state index contributed by atoms with van der Waals surface area (Å²) < 4.78 is 0. The quantitative estimate of drug-likeness (QED) is 0.418. The largest absolute Gasteiger partial charge is 0.0880 e. The highest BCUT2D eigenvalue weighted by Gasteiger charge is 2.26. The van der Waals surface area contributed by atoms with Crippen LogP contribution in [-0.4, -0.2) is 0 Å². The van der Waals surface area contributed by atoms with E-state index in [0.717, 1.165) is 11.8 Å². The first-order valence-corrected chi connectivity index (χ1v) is 3.63. The van der Waals surface area contributed by atoms with E-state index in [-0.39, 0.29) is 0 Å². The minimum Gasteiger partial charge on any atom is -0.0880 e. The second kappa shape index (κ2) is 1.61. The molecule has 0 radical (unpaired) electrons. The second-order valence-electron chi connectivity index (χ2n) is 3.02. The zero-order valence-electron chi connectivity index (χ0n) is 5.14. The van der Waals surface area contributed by atoms with Crippen LogP contribution >= 0.6 is 0 Å². The molecule has 2 rings (SSSR count). The van der Waals surface area contributed by atoms with Gasteiger partial charge in [0, 0.05) is 0 Å². The van der Waals surface area contributed by atoms with Crippen LogP contribution in [0.15, 0.2) is 12.2 Å². The molecule has 0 N–H and O–H groups in total. The van der Waals surface area contributed by atoms with Crippen LogP contribution in [0.2, 0.25) is 0 Å². The maximum atomic E-state index is 2.41. The lowest BCUT2D eigenvalue weighted by atomic mass is 10.0. The van der Waals surface area contributed by atoms with Crippen molar-refractivity contribution in [1.82, 2.24) is 0 Å². The summed E-state index contributed by atoms with van der Waals surface area (Å²) in [6, 6.07) is 0. The van der Waals surface area contributed by atoms with E-state index in [4.69, 9.17) is 0 Å². The lowest BCUT2D eigenvalue weighted by Crippen LogP contribution is -1.96. The van der Waals surface area contributed by atoms with Crippen LogP contribution in [0, 0.1) is 11.8 Å². The SMILES string of the molecule is C1=C[C@H]2CCC[C@H]2C1.